The maximum Gasteiger partial charge on any atom is 0.162 e. The van der Waals surface area contributed by atoms with E-state index < -0.39 is 0 Å². The fourth-order valence-corrected chi connectivity index (χ4v) is 3.30. The molecule has 0 spiro atoms. The molecule has 2 aromatic carbocycles. The molecule has 4 rings (SSSR count). The topological polar surface area (TPSA) is 72.1 Å². The number of anilines is 2. The monoisotopic (exact) mass is 446 g/mol. The third-order valence-electron chi connectivity index (χ3n) is 4.00. The number of aromatic nitrogens is 3. The number of pyridine rings is 1. The highest BCUT2D eigenvalue weighted by Crippen LogP contribution is 2.34. The Kier molecular flexibility index (Phi) is 4.08. The minimum Gasteiger partial charge on any atom is -0.493 e. The molecule has 7 heteroatoms. The smallest absolute Gasteiger partial charge is 0.162 e. The van der Waals surface area contributed by atoms with E-state index in [1.165, 1.54) is 0 Å². The number of aromatic amines is 1. The molecule has 0 saturated heterocycles. The highest BCUT2D eigenvalue weighted by molar-refractivity contribution is 14.1. The molecule has 126 valence electrons. The summed E-state index contributed by atoms with van der Waals surface area (Å²) in [7, 11) is 3.23. The molecule has 25 heavy (non-hydrogen) atoms. The standard InChI is InChI=1S/C18H15IN4O2/c1-24-15-6-4-11(8-16(15)25-2)21-18-17-13(9-20-23-17)12-7-10(19)3-5-14(12)22-18/h3-9H,1-2H3,(H,20,23)(H,21,22). The molecule has 6 nitrogen and oxygen atoms in total. The van der Waals surface area contributed by atoms with Gasteiger partial charge in [0, 0.05) is 26.1 Å². The summed E-state index contributed by atoms with van der Waals surface area (Å²) in [6, 6.07) is 11.8. The van der Waals surface area contributed by atoms with Crippen molar-refractivity contribution in [3.63, 3.8) is 0 Å². The zero-order valence-electron chi connectivity index (χ0n) is 13.6. The van der Waals surface area contributed by atoms with Gasteiger partial charge >= 0.3 is 0 Å². The van der Waals surface area contributed by atoms with E-state index in [0.29, 0.717) is 17.3 Å². The van der Waals surface area contributed by atoms with Gasteiger partial charge in [-0.3, -0.25) is 5.10 Å². The van der Waals surface area contributed by atoms with E-state index in [9.17, 15) is 0 Å². The van der Waals surface area contributed by atoms with Gasteiger partial charge in [-0.1, -0.05) is 0 Å². The normalized spacial score (nSPS) is 11.0. The second kappa shape index (κ2) is 6.40. The summed E-state index contributed by atoms with van der Waals surface area (Å²) in [5, 5.41) is 12.7. The number of methoxy groups -OCH3 is 2. The van der Waals surface area contributed by atoms with E-state index in [4.69, 9.17) is 14.5 Å². The number of halogens is 1. The van der Waals surface area contributed by atoms with E-state index in [2.05, 4.69) is 44.2 Å². The Bertz CT molecular complexity index is 1080. The second-order valence-corrected chi connectivity index (χ2v) is 6.72. The zero-order chi connectivity index (χ0) is 17.4. The van der Waals surface area contributed by atoms with E-state index in [1.807, 2.05) is 36.5 Å². The second-order valence-electron chi connectivity index (χ2n) is 5.48. The van der Waals surface area contributed by atoms with Crippen molar-refractivity contribution >= 4 is 55.9 Å². The average molecular weight is 446 g/mol. The minimum absolute atomic E-state index is 0.656. The fourth-order valence-electron chi connectivity index (χ4n) is 2.81. The fraction of sp³-hybridized carbons (Fsp3) is 0.111. The number of fused-ring (bicyclic) bond motifs is 3. The SMILES string of the molecule is COc1ccc(Nc2nc3ccc(I)cc3c3cn[nH]c23)cc1OC. The quantitative estimate of drug-likeness (QED) is 0.453. The van der Waals surface area contributed by atoms with Crippen molar-refractivity contribution in [2.24, 2.45) is 0 Å². The van der Waals surface area contributed by atoms with E-state index in [1.54, 1.807) is 14.2 Å². The van der Waals surface area contributed by atoms with Crippen molar-refractivity contribution in [3.8, 4) is 11.5 Å². The summed E-state index contributed by atoms with van der Waals surface area (Å²) >= 11 is 2.30. The summed E-state index contributed by atoms with van der Waals surface area (Å²) in [6.07, 6.45) is 1.83. The van der Waals surface area contributed by atoms with Crippen LogP contribution < -0.4 is 14.8 Å². The first-order valence-electron chi connectivity index (χ1n) is 7.61. The molecule has 2 N–H and O–H groups in total. The first-order chi connectivity index (χ1) is 12.2. The molecule has 2 heterocycles. The molecule has 0 amide bonds. The summed E-state index contributed by atoms with van der Waals surface area (Å²) in [4.78, 5) is 4.75. The highest BCUT2D eigenvalue weighted by atomic mass is 127. The van der Waals surface area contributed by atoms with Gasteiger partial charge in [-0.05, 0) is 52.9 Å². The number of hydrogen-bond donors (Lipinski definition) is 2. The number of rotatable bonds is 4. The Hall–Kier alpha value is -2.55. The van der Waals surface area contributed by atoms with Crippen molar-refractivity contribution in [1.29, 1.82) is 0 Å². The van der Waals surface area contributed by atoms with Gasteiger partial charge in [0.05, 0.1) is 25.9 Å². The Labute approximate surface area is 157 Å². The lowest BCUT2D eigenvalue weighted by atomic mass is 10.1. The van der Waals surface area contributed by atoms with Gasteiger partial charge < -0.3 is 14.8 Å². The molecule has 0 aliphatic rings. The van der Waals surface area contributed by atoms with Gasteiger partial charge in [-0.25, -0.2) is 4.98 Å². The molecule has 2 aromatic heterocycles. The summed E-state index contributed by atoms with van der Waals surface area (Å²) in [6.45, 7) is 0. The summed E-state index contributed by atoms with van der Waals surface area (Å²) < 4.78 is 11.8. The number of hydrogen-bond acceptors (Lipinski definition) is 5. The number of benzene rings is 2. The van der Waals surface area contributed by atoms with Crippen molar-refractivity contribution in [2.45, 2.75) is 0 Å². The van der Waals surface area contributed by atoms with Gasteiger partial charge in [0.15, 0.2) is 17.3 Å². The van der Waals surface area contributed by atoms with Gasteiger partial charge in [-0.15, -0.1) is 0 Å². The van der Waals surface area contributed by atoms with Crippen molar-refractivity contribution in [2.75, 3.05) is 19.5 Å². The number of nitrogens with one attached hydrogen (secondary N) is 2. The van der Waals surface area contributed by atoms with Crippen LogP contribution >= 0.6 is 22.6 Å². The Morgan fingerprint density at radius 3 is 2.64 bits per heavy atom. The first-order valence-corrected chi connectivity index (χ1v) is 8.69. The third-order valence-corrected chi connectivity index (χ3v) is 4.67. The largest absolute Gasteiger partial charge is 0.493 e. The van der Waals surface area contributed by atoms with Crippen LogP contribution in [0.2, 0.25) is 0 Å². The lowest BCUT2D eigenvalue weighted by Crippen LogP contribution is -1.97. The van der Waals surface area contributed by atoms with Crippen LogP contribution in [0.3, 0.4) is 0 Å². The molecule has 0 radical (unpaired) electrons. The lowest BCUT2D eigenvalue weighted by Gasteiger charge is -2.12. The number of H-pyrrole nitrogens is 1. The average Bonchev–Trinajstić information content (AvgIpc) is 3.12. The summed E-state index contributed by atoms with van der Waals surface area (Å²) in [5.41, 5.74) is 2.63. The van der Waals surface area contributed by atoms with Crippen LogP contribution in [0.25, 0.3) is 21.8 Å². The van der Waals surface area contributed by atoms with Crippen LogP contribution in [0.15, 0.2) is 42.6 Å². The number of ether oxygens (including phenoxy) is 2. The molecule has 4 aromatic rings. The Morgan fingerprint density at radius 2 is 1.84 bits per heavy atom. The molecular weight excluding hydrogens is 431 g/mol. The van der Waals surface area contributed by atoms with Crippen LogP contribution in [0.1, 0.15) is 0 Å². The molecule has 0 unspecified atom stereocenters. The van der Waals surface area contributed by atoms with Gasteiger partial charge in [0.2, 0.25) is 0 Å². The zero-order valence-corrected chi connectivity index (χ0v) is 15.8. The van der Waals surface area contributed by atoms with E-state index in [-0.39, 0.29) is 0 Å². The predicted octanol–water partition coefficient (Wildman–Crippen LogP) is 4.48. The molecular formula is C18H15IN4O2. The molecule has 0 fully saturated rings. The van der Waals surface area contributed by atoms with Crippen molar-refractivity contribution in [1.82, 2.24) is 15.2 Å². The van der Waals surface area contributed by atoms with E-state index >= 15 is 0 Å². The van der Waals surface area contributed by atoms with Crippen LogP contribution in [0.4, 0.5) is 11.5 Å². The molecule has 0 aliphatic carbocycles. The third kappa shape index (κ3) is 2.84. The maximum absolute atomic E-state index is 5.36. The minimum atomic E-state index is 0.656. The molecule has 0 atom stereocenters. The summed E-state index contributed by atoms with van der Waals surface area (Å²) in [5.74, 6) is 2.05. The van der Waals surface area contributed by atoms with Crippen LogP contribution in [0.5, 0.6) is 11.5 Å². The Balaban J connectivity index is 1.83. The van der Waals surface area contributed by atoms with Crippen LogP contribution in [-0.4, -0.2) is 29.4 Å². The van der Waals surface area contributed by atoms with Crippen molar-refractivity contribution in [3.05, 3.63) is 46.2 Å². The maximum atomic E-state index is 5.36. The molecule has 0 aliphatic heterocycles. The van der Waals surface area contributed by atoms with Gasteiger partial charge in [0.1, 0.15) is 5.52 Å². The van der Waals surface area contributed by atoms with Crippen LogP contribution in [-0.2, 0) is 0 Å². The predicted molar refractivity (Wildman–Crippen MR) is 107 cm³/mol. The van der Waals surface area contributed by atoms with E-state index in [0.717, 1.165) is 31.1 Å². The number of nitrogens with zero attached hydrogens (tertiary/aromatic N) is 2. The van der Waals surface area contributed by atoms with Crippen molar-refractivity contribution < 1.29 is 9.47 Å². The van der Waals surface area contributed by atoms with Gasteiger partial charge in [-0.2, -0.15) is 5.10 Å². The van der Waals surface area contributed by atoms with Gasteiger partial charge in [0.25, 0.3) is 0 Å². The first kappa shape index (κ1) is 15.9. The lowest BCUT2D eigenvalue weighted by molar-refractivity contribution is 0.355. The Morgan fingerprint density at radius 1 is 1.00 bits per heavy atom. The molecule has 0 bridgehead atoms. The highest BCUT2D eigenvalue weighted by Gasteiger charge is 2.12. The molecule has 0 saturated carbocycles. The van der Waals surface area contributed by atoms with Crippen LogP contribution in [0, 0.1) is 3.57 Å².